The molecular weight excluding hydrogens is 410 g/mol. The third kappa shape index (κ3) is 5.71. The normalized spacial score (nSPS) is 10.8. The van der Waals surface area contributed by atoms with Crippen LogP contribution in [0.2, 0.25) is 0 Å². The number of benzene rings is 1. The highest BCUT2D eigenvalue weighted by molar-refractivity contribution is 5.69. The molecule has 3 heterocycles. The van der Waals surface area contributed by atoms with Gasteiger partial charge in [0.05, 0.1) is 35.1 Å². The van der Waals surface area contributed by atoms with Crippen LogP contribution in [0.3, 0.4) is 0 Å². The topological polar surface area (TPSA) is 76.7 Å². The van der Waals surface area contributed by atoms with Crippen molar-refractivity contribution in [3.05, 3.63) is 83.3 Å². The van der Waals surface area contributed by atoms with E-state index in [1.54, 1.807) is 18.7 Å². The Morgan fingerprint density at radius 1 is 0.970 bits per heavy atom. The Hall–Kier alpha value is -3.80. The predicted molar refractivity (Wildman–Crippen MR) is 133 cm³/mol. The van der Waals surface area contributed by atoms with Crippen LogP contribution in [0, 0.1) is 13.8 Å². The van der Waals surface area contributed by atoms with Crippen molar-refractivity contribution in [3.63, 3.8) is 0 Å². The van der Waals surface area contributed by atoms with Crippen LogP contribution in [0.25, 0.3) is 28.7 Å². The zero-order chi connectivity index (χ0) is 23.2. The zero-order valence-electron chi connectivity index (χ0n) is 19.6. The molecule has 3 aromatic heterocycles. The van der Waals surface area contributed by atoms with Gasteiger partial charge >= 0.3 is 0 Å². The largest absolute Gasteiger partial charge is 0.472 e. The van der Waals surface area contributed by atoms with E-state index < -0.39 is 0 Å². The summed E-state index contributed by atoms with van der Waals surface area (Å²) in [6.07, 6.45) is 11.0. The molecule has 0 amide bonds. The van der Waals surface area contributed by atoms with E-state index in [0.717, 1.165) is 59.0 Å². The van der Waals surface area contributed by atoms with Crippen molar-refractivity contribution in [2.75, 3.05) is 11.9 Å². The number of anilines is 1. The first-order valence-electron chi connectivity index (χ1n) is 11.2. The van der Waals surface area contributed by atoms with Crippen molar-refractivity contribution < 1.29 is 4.42 Å². The fourth-order valence-electron chi connectivity index (χ4n) is 3.58. The van der Waals surface area contributed by atoms with Crippen LogP contribution in [-0.4, -0.2) is 26.5 Å². The molecule has 6 nitrogen and oxygen atoms in total. The van der Waals surface area contributed by atoms with Gasteiger partial charge in [0.15, 0.2) is 5.82 Å². The second kappa shape index (κ2) is 10.2. The Balaban J connectivity index is 1.41. The maximum absolute atomic E-state index is 5.21. The Bertz CT molecular complexity index is 1220. The first-order valence-corrected chi connectivity index (χ1v) is 11.2. The first-order chi connectivity index (χ1) is 16.0. The Morgan fingerprint density at radius 2 is 1.79 bits per heavy atom. The monoisotopic (exact) mass is 439 g/mol. The van der Waals surface area contributed by atoms with Crippen molar-refractivity contribution >= 4 is 11.9 Å². The van der Waals surface area contributed by atoms with Crippen LogP contribution in [0.5, 0.6) is 0 Å². The van der Waals surface area contributed by atoms with E-state index in [9.17, 15) is 0 Å². The molecule has 0 fully saturated rings. The standard InChI is InChI=1S/C27H29N5O/c1-18(2)14-24-20(4)31-26(23-11-13-33-17-23)32-27(24)28-12-5-6-21-7-9-22(10-8-21)25-16-29-19(3)15-30-25/h7-11,13-17H,5-6,12H2,1-4H3,(H,28,31,32). The summed E-state index contributed by atoms with van der Waals surface area (Å²) in [5.74, 6) is 1.53. The third-order valence-electron chi connectivity index (χ3n) is 5.31. The molecule has 0 unspecified atom stereocenters. The van der Waals surface area contributed by atoms with Crippen LogP contribution in [-0.2, 0) is 6.42 Å². The van der Waals surface area contributed by atoms with Crippen molar-refractivity contribution in [1.82, 2.24) is 19.9 Å². The van der Waals surface area contributed by atoms with Crippen LogP contribution in [0.1, 0.15) is 42.8 Å². The van der Waals surface area contributed by atoms with Gasteiger partial charge in [-0.2, -0.15) is 0 Å². The smallest absolute Gasteiger partial charge is 0.165 e. The summed E-state index contributed by atoms with van der Waals surface area (Å²) in [5.41, 5.74) is 8.26. The molecule has 0 bridgehead atoms. The maximum atomic E-state index is 5.21. The maximum Gasteiger partial charge on any atom is 0.165 e. The fourth-order valence-corrected chi connectivity index (χ4v) is 3.58. The Labute approximate surface area is 194 Å². The van der Waals surface area contributed by atoms with E-state index in [2.05, 4.69) is 64.5 Å². The van der Waals surface area contributed by atoms with E-state index >= 15 is 0 Å². The average Bonchev–Trinajstić information content (AvgIpc) is 3.34. The second-order valence-corrected chi connectivity index (χ2v) is 8.40. The van der Waals surface area contributed by atoms with E-state index in [0.29, 0.717) is 5.82 Å². The molecule has 4 rings (SSSR count). The van der Waals surface area contributed by atoms with Gasteiger partial charge in [-0.15, -0.1) is 0 Å². The van der Waals surface area contributed by atoms with Crippen LogP contribution in [0.4, 0.5) is 5.82 Å². The minimum atomic E-state index is 0.671. The number of aryl methyl sites for hydroxylation is 3. The highest BCUT2D eigenvalue weighted by atomic mass is 16.3. The molecule has 33 heavy (non-hydrogen) atoms. The lowest BCUT2D eigenvalue weighted by molar-refractivity contribution is 0.568. The van der Waals surface area contributed by atoms with E-state index in [1.165, 1.54) is 11.1 Å². The molecule has 0 radical (unpaired) electrons. The highest BCUT2D eigenvalue weighted by Gasteiger charge is 2.12. The number of nitrogens with one attached hydrogen (secondary N) is 1. The fraction of sp³-hybridized carbons (Fsp3) is 0.259. The molecule has 0 spiro atoms. The molecule has 0 atom stereocenters. The minimum Gasteiger partial charge on any atom is -0.472 e. The molecule has 0 saturated heterocycles. The van der Waals surface area contributed by atoms with Gasteiger partial charge < -0.3 is 9.73 Å². The quantitative estimate of drug-likeness (QED) is 0.326. The molecule has 0 aliphatic carbocycles. The predicted octanol–water partition coefficient (Wildman–Crippen LogP) is 6.28. The van der Waals surface area contributed by atoms with Gasteiger partial charge in [-0.25, -0.2) is 9.97 Å². The minimum absolute atomic E-state index is 0.671. The van der Waals surface area contributed by atoms with Crippen molar-refractivity contribution in [2.45, 2.75) is 40.5 Å². The van der Waals surface area contributed by atoms with E-state index in [1.807, 2.05) is 26.1 Å². The van der Waals surface area contributed by atoms with Crippen molar-refractivity contribution in [2.24, 2.45) is 0 Å². The number of hydrogen-bond donors (Lipinski definition) is 1. The lowest BCUT2D eigenvalue weighted by Gasteiger charge is -2.13. The number of furan rings is 1. The number of aromatic nitrogens is 4. The Morgan fingerprint density at radius 3 is 2.45 bits per heavy atom. The summed E-state index contributed by atoms with van der Waals surface area (Å²) in [4.78, 5) is 18.2. The third-order valence-corrected chi connectivity index (χ3v) is 5.31. The number of hydrogen-bond acceptors (Lipinski definition) is 6. The molecule has 1 aromatic carbocycles. The zero-order valence-corrected chi connectivity index (χ0v) is 19.6. The Kier molecular flexibility index (Phi) is 6.93. The summed E-state index contributed by atoms with van der Waals surface area (Å²) in [5, 5.41) is 3.53. The molecule has 0 saturated carbocycles. The summed E-state index contributed by atoms with van der Waals surface area (Å²) in [6.45, 7) is 8.94. The lowest BCUT2D eigenvalue weighted by Crippen LogP contribution is -2.09. The average molecular weight is 440 g/mol. The van der Waals surface area contributed by atoms with Gasteiger partial charge in [0.1, 0.15) is 12.1 Å². The highest BCUT2D eigenvalue weighted by Crippen LogP contribution is 2.25. The number of nitrogens with zero attached hydrogens (tertiary/aromatic N) is 4. The summed E-state index contributed by atoms with van der Waals surface area (Å²) >= 11 is 0. The molecule has 168 valence electrons. The van der Waals surface area contributed by atoms with Crippen LogP contribution >= 0.6 is 0 Å². The van der Waals surface area contributed by atoms with E-state index in [4.69, 9.17) is 9.40 Å². The molecular formula is C27H29N5O. The van der Waals surface area contributed by atoms with Gasteiger partial charge in [-0.1, -0.05) is 35.9 Å². The van der Waals surface area contributed by atoms with Crippen LogP contribution < -0.4 is 5.32 Å². The first kappa shape index (κ1) is 22.4. The van der Waals surface area contributed by atoms with Crippen molar-refractivity contribution in [3.8, 4) is 22.6 Å². The molecule has 1 N–H and O–H groups in total. The summed E-state index contributed by atoms with van der Waals surface area (Å²) < 4.78 is 5.21. The van der Waals surface area contributed by atoms with E-state index in [-0.39, 0.29) is 0 Å². The second-order valence-electron chi connectivity index (χ2n) is 8.40. The molecule has 6 heteroatoms. The number of rotatable bonds is 8. The summed E-state index contributed by atoms with van der Waals surface area (Å²) in [7, 11) is 0. The SMILES string of the molecule is CC(C)=Cc1c(C)nc(-c2ccoc2)nc1NCCCc1ccc(-c2cnc(C)cn2)cc1. The van der Waals surface area contributed by atoms with Gasteiger partial charge in [0.2, 0.25) is 0 Å². The molecule has 4 aromatic rings. The van der Waals surface area contributed by atoms with Gasteiger partial charge in [0, 0.05) is 23.9 Å². The van der Waals surface area contributed by atoms with Gasteiger partial charge in [0.25, 0.3) is 0 Å². The lowest BCUT2D eigenvalue weighted by atomic mass is 10.1. The van der Waals surface area contributed by atoms with Crippen LogP contribution in [0.15, 0.2) is 65.2 Å². The summed E-state index contributed by atoms with van der Waals surface area (Å²) in [6, 6.07) is 10.4. The van der Waals surface area contributed by atoms with Gasteiger partial charge in [-0.05, 0) is 52.2 Å². The molecule has 0 aliphatic heterocycles. The molecule has 0 aliphatic rings. The van der Waals surface area contributed by atoms with Gasteiger partial charge in [-0.3, -0.25) is 9.97 Å². The number of allylic oxidation sites excluding steroid dienone is 1. The van der Waals surface area contributed by atoms with Crippen molar-refractivity contribution in [1.29, 1.82) is 0 Å².